The number of hydrogen-bond donors (Lipinski definition) is 1. The molecule has 2 aliphatic heterocycles. The van der Waals surface area contributed by atoms with Crippen molar-refractivity contribution in [1.29, 1.82) is 0 Å². The summed E-state index contributed by atoms with van der Waals surface area (Å²) in [4.78, 5) is 2.44. The molecule has 18 heavy (non-hydrogen) atoms. The van der Waals surface area contributed by atoms with Crippen LogP contribution in [0.1, 0.15) is 42.4 Å². The van der Waals surface area contributed by atoms with Gasteiger partial charge in [-0.25, -0.2) is 4.39 Å². The van der Waals surface area contributed by atoms with Crippen molar-refractivity contribution in [2.75, 3.05) is 7.05 Å². The first kappa shape index (κ1) is 10.9. The van der Waals surface area contributed by atoms with Crippen LogP contribution in [0.3, 0.4) is 0 Å². The first-order valence-electron chi connectivity index (χ1n) is 6.86. The number of benzene rings is 1. The fourth-order valence-electron chi connectivity index (χ4n) is 4.62. The number of rotatable bonds is 0. The van der Waals surface area contributed by atoms with Crippen molar-refractivity contribution in [3.63, 3.8) is 0 Å². The van der Waals surface area contributed by atoms with Crippen LogP contribution < -0.4 is 0 Å². The molecule has 1 aromatic carbocycles. The van der Waals surface area contributed by atoms with Gasteiger partial charge in [-0.3, -0.25) is 0 Å². The van der Waals surface area contributed by atoms with E-state index in [2.05, 4.69) is 11.9 Å². The largest absolute Gasteiger partial charge is 0.388 e. The molecular weight excluding hydrogens is 229 g/mol. The molecule has 2 saturated heterocycles. The monoisotopic (exact) mass is 247 g/mol. The van der Waals surface area contributed by atoms with Crippen LogP contribution in [0.25, 0.3) is 0 Å². The molecule has 0 unspecified atom stereocenters. The van der Waals surface area contributed by atoms with Crippen LogP contribution in [0.2, 0.25) is 0 Å². The van der Waals surface area contributed by atoms with Gasteiger partial charge >= 0.3 is 0 Å². The third kappa shape index (κ3) is 1.24. The van der Waals surface area contributed by atoms with Crippen molar-refractivity contribution in [2.45, 2.75) is 43.4 Å². The summed E-state index contributed by atoms with van der Waals surface area (Å²) in [5, 5.41) is 10.5. The lowest BCUT2D eigenvalue weighted by molar-refractivity contribution is 0.0194. The Hall–Kier alpha value is -0.930. The summed E-state index contributed by atoms with van der Waals surface area (Å²) in [7, 11) is 2.18. The van der Waals surface area contributed by atoms with Gasteiger partial charge in [-0.05, 0) is 55.5 Å². The summed E-state index contributed by atoms with van der Waals surface area (Å²) in [6.07, 6.45) is 3.06. The van der Waals surface area contributed by atoms with Crippen molar-refractivity contribution in [3.8, 4) is 0 Å². The molecule has 96 valence electrons. The van der Waals surface area contributed by atoms with Crippen LogP contribution in [-0.2, 0) is 0 Å². The maximum Gasteiger partial charge on any atom is 0.123 e. The lowest BCUT2D eigenvalue weighted by atomic mass is 9.80. The van der Waals surface area contributed by atoms with Crippen LogP contribution >= 0.6 is 0 Å². The highest BCUT2D eigenvalue weighted by molar-refractivity contribution is 5.41. The Labute approximate surface area is 106 Å². The summed E-state index contributed by atoms with van der Waals surface area (Å²) < 4.78 is 13.4. The Balaban J connectivity index is 1.82. The molecule has 0 spiro atoms. The molecule has 1 aliphatic carbocycles. The van der Waals surface area contributed by atoms with E-state index in [1.807, 2.05) is 6.07 Å². The minimum Gasteiger partial charge on any atom is -0.388 e. The number of halogens is 1. The van der Waals surface area contributed by atoms with E-state index in [4.69, 9.17) is 0 Å². The Morgan fingerprint density at radius 3 is 2.94 bits per heavy atom. The average Bonchev–Trinajstić information content (AvgIpc) is 2.74. The molecule has 2 bridgehead atoms. The van der Waals surface area contributed by atoms with Crippen LogP contribution in [0.15, 0.2) is 18.2 Å². The lowest BCUT2D eigenvalue weighted by Crippen LogP contribution is -2.45. The van der Waals surface area contributed by atoms with Gasteiger partial charge in [0, 0.05) is 18.0 Å². The summed E-state index contributed by atoms with van der Waals surface area (Å²) in [5.41, 5.74) is 2.03. The molecule has 0 amide bonds. The molecule has 2 fully saturated rings. The maximum absolute atomic E-state index is 13.4. The molecule has 5 atom stereocenters. The number of piperidine rings is 1. The number of fused-ring (bicyclic) bond motifs is 6. The van der Waals surface area contributed by atoms with E-state index in [1.54, 1.807) is 0 Å². The Kier molecular flexibility index (Phi) is 2.16. The summed E-state index contributed by atoms with van der Waals surface area (Å²) in [6, 6.07) is 6.09. The van der Waals surface area contributed by atoms with Crippen molar-refractivity contribution in [3.05, 3.63) is 35.1 Å². The molecule has 3 heteroatoms. The van der Waals surface area contributed by atoms with Crippen LogP contribution in [0, 0.1) is 11.7 Å². The van der Waals surface area contributed by atoms with Crippen molar-refractivity contribution in [1.82, 2.24) is 4.90 Å². The van der Waals surface area contributed by atoms with Crippen LogP contribution in [0.5, 0.6) is 0 Å². The standard InChI is InChI=1S/C15H18FNO/c1-17-9-3-5-13(17)14-11(7-9)10-4-2-8(16)6-12(10)15(14)18/h2,4,6,9,11,13-15,18H,3,5,7H2,1H3/t9-,11+,13+,14-,15-/m0/s1. The van der Waals surface area contributed by atoms with E-state index in [9.17, 15) is 9.50 Å². The lowest BCUT2D eigenvalue weighted by Gasteiger charge is -2.41. The first-order valence-corrected chi connectivity index (χ1v) is 6.86. The van der Waals surface area contributed by atoms with Crippen molar-refractivity contribution >= 4 is 0 Å². The van der Waals surface area contributed by atoms with Gasteiger partial charge in [0.15, 0.2) is 0 Å². The van der Waals surface area contributed by atoms with Gasteiger partial charge in [0.05, 0.1) is 6.10 Å². The predicted octanol–water partition coefficient (Wildman–Crippen LogP) is 2.44. The van der Waals surface area contributed by atoms with Gasteiger partial charge in [0.25, 0.3) is 0 Å². The molecule has 3 aliphatic rings. The highest BCUT2D eigenvalue weighted by atomic mass is 19.1. The molecule has 1 aromatic rings. The Bertz CT molecular complexity index is 503. The van der Waals surface area contributed by atoms with Gasteiger partial charge in [0.2, 0.25) is 0 Å². The highest BCUT2D eigenvalue weighted by Gasteiger charge is 2.52. The minimum atomic E-state index is -0.479. The third-order valence-electron chi connectivity index (χ3n) is 5.46. The molecular formula is C15H18FNO. The second-order valence-corrected chi connectivity index (χ2v) is 6.10. The average molecular weight is 247 g/mol. The Morgan fingerprint density at radius 1 is 1.28 bits per heavy atom. The van der Waals surface area contributed by atoms with E-state index in [0.29, 0.717) is 18.0 Å². The van der Waals surface area contributed by atoms with E-state index in [-0.39, 0.29) is 11.7 Å². The molecule has 4 rings (SSSR count). The summed E-state index contributed by atoms with van der Waals surface area (Å²) in [6.45, 7) is 0. The fourth-order valence-corrected chi connectivity index (χ4v) is 4.62. The predicted molar refractivity (Wildman–Crippen MR) is 66.8 cm³/mol. The van der Waals surface area contributed by atoms with Gasteiger partial charge in [-0.2, -0.15) is 0 Å². The van der Waals surface area contributed by atoms with Gasteiger partial charge in [-0.1, -0.05) is 6.07 Å². The van der Waals surface area contributed by atoms with Crippen molar-refractivity contribution in [2.24, 2.45) is 5.92 Å². The normalized spacial score (nSPS) is 41.8. The zero-order valence-corrected chi connectivity index (χ0v) is 10.5. The molecule has 0 saturated carbocycles. The molecule has 0 radical (unpaired) electrons. The molecule has 2 heterocycles. The molecule has 0 aromatic heterocycles. The van der Waals surface area contributed by atoms with E-state index >= 15 is 0 Å². The van der Waals surface area contributed by atoms with Gasteiger partial charge in [0.1, 0.15) is 5.82 Å². The van der Waals surface area contributed by atoms with Crippen LogP contribution in [-0.4, -0.2) is 29.1 Å². The topological polar surface area (TPSA) is 23.5 Å². The summed E-state index contributed by atoms with van der Waals surface area (Å²) in [5.74, 6) is 0.472. The number of aliphatic hydroxyl groups is 1. The fraction of sp³-hybridized carbons (Fsp3) is 0.600. The van der Waals surface area contributed by atoms with E-state index < -0.39 is 6.10 Å². The summed E-state index contributed by atoms with van der Waals surface area (Å²) >= 11 is 0. The second-order valence-electron chi connectivity index (χ2n) is 6.10. The molecule has 1 N–H and O–H groups in total. The third-order valence-corrected chi connectivity index (χ3v) is 5.46. The zero-order valence-electron chi connectivity index (χ0n) is 10.5. The van der Waals surface area contributed by atoms with E-state index in [1.165, 1.54) is 30.5 Å². The van der Waals surface area contributed by atoms with Crippen LogP contribution in [0.4, 0.5) is 4.39 Å². The first-order chi connectivity index (χ1) is 8.66. The number of nitrogens with zero attached hydrogens (tertiary/aromatic N) is 1. The minimum absolute atomic E-state index is 0.232. The maximum atomic E-state index is 13.4. The second kappa shape index (κ2) is 3.55. The van der Waals surface area contributed by atoms with Crippen molar-refractivity contribution < 1.29 is 9.50 Å². The smallest absolute Gasteiger partial charge is 0.123 e. The Morgan fingerprint density at radius 2 is 2.11 bits per heavy atom. The zero-order chi connectivity index (χ0) is 12.4. The van der Waals surface area contributed by atoms with E-state index in [0.717, 1.165) is 12.0 Å². The highest BCUT2D eigenvalue weighted by Crippen LogP contribution is 2.56. The number of hydrogen-bond acceptors (Lipinski definition) is 2. The molecule has 2 nitrogen and oxygen atoms in total. The number of aliphatic hydroxyl groups excluding tert-OH is 1. The quantitative estimate of drug-likeness (QED) is 0.761. The van der Waals surface area contributed by atoms with Gasteiger partial charge < -0.3 is 10.0 Å². The SMILES string of the molecule is CN1[C@H]2CC[C@@H]1[C@@H]1[C@H](C2)c2ccc(F)cc2[C@@H]1O. The van der Waals surface area contributed by atoms with Gasteiger partial charge in [-0.15, -0.1) is 0 Å².